The van der Waals surface area contributed by atoms with Crippen molar-refractivity contribution in [2.75, 3.05) is 17.7 Å². The van der Waals surface area contributed by atoms with Crippen molar-refractivity contribution in [1.29, 1.82) is 0 Å². The fourth-order valence-corrected chi connectivity index (χ4v) is 2.56. The van der Waals surface area contributed by atoms with E-state index in [0.29, 0.717) is 23.5 Å². The van der Waals surface area contributed by atoms with Crippen molar-refractivity contribution >= 4 is 23.3 Å². The topological polar surface area (TPSA) is 97.3 Å². The first-order valence-corrected chi connectivity index (χ1v) is 8.51. The Hall–Kier alpha value is -3.03. The second-order valence-corrected chi connectivity index (χ2v) is 5.76. The van der Waals surface area contributed by atoms with Crippen molar-refractivity contribution in [3.63, 3.8) is 0 Å². The molecule has 140 valence electrons. The molecule has 0 bridgehead atoms. The number of aromatic nitrogens is 2. The van der Waals surface area contributed by atoms with Gasteiger partial charge in [-0.3, -0.25) is 9.48 Å². The summed E-state index contributed by atoms with van der Waals surface area (Å²) in [6.45, 7) is 3.75. The predicted octanol–water partition coefficient (Wildman–Crippen LogP) is 3.05. The third-order valence-electron chi connectivity index (χ3n) is 3.98. The van der Waals surface area contributed by atoms with Gasteiger partial charge in [0.05, 0.1) is 24.5 Å². The number of nitrogens with zero attached hydrogens (tertiary/aromatic N) is 2. The number of rotatable bonds is 7. The maximum Gasteiger partial charge on any atom is 0.319 e. The first-order chi connectivity index (χ1) is 12.5. The Morgan fingerprint density at radius 3 is 2.58 bits per heavy atom. The van der Waals surface area contributed by atoms with Gasteiger partial charge in [-0.2, -0.15) is 5.10 Å². The van der Waals surface area contributed by atoms with Crippen LogP contribution in [0.25, 0.3) is 0 Å². The number of hydrogen-bond donors (Lipinski definition) is 3. The minimum absolute atomic E-state index is 0.132. The van der Waals surface area contributed by atoms with Crippen LogP contribution >= 0.6 is 0 Å². The number of anilines is 2. The van der Waals surface area contributed by atoms with Crippen molar-refractivity contribution in [3.05, 3.63) is 36.2 Å². The van der Waals surface area contributed by atoms with E-state index in [1.54, 1.807) is 36.0 Å². The smallest absolute Gasteiger partial charge is 0.319 e. The first kappa shape index (κ1) is 19.3. The minimum atomic E-state index is -0.337. The maximum atomic E-state index is 12.4. The highest BCUT2D eigenvalue weighted by atomic mass is 16.5. The zero-order valence-electron chi connectivity index (χ0n) is 15.5. The van der Waals surface area contributed by atoms with E-state index in [9.17, 15) is 9.59 Å². The lowest BCUT2D eigenvalue weighted by atomic mass is 10.1. The highest BCUT2D eigenvalue weighted by Crippen LogP contribution is 2.28. The van der Waals surface area contributed by atoms with Crippen LogP contribution < -0.4 is 20.7 Å². The van der Waals surface area contributed by atoms with E-state index in [2.05, 4.69) is 21.0 Å². The lowest BCUT2D eigenvalue weighted by molar-refractivity contribution is -0.115. The second kappa shape index (κ2) is 8.89. The number of hydrogen-bond acceptors (Lipinski definition) is 4. The van der Waals surface area contributed by atoms with E-state index >= 15 is 0 Å². The second-order valence-electron chi connectivity index (χ2n) is 5.76. The van der Waals surface area contributed by atoms with Crippen LogP contribution in [0.5, 0.6) is 5.75 Å². The van der Waals surface area contributed by atoms with Crippen LogP contribution in [0, 0.1) is 0 Å². The Morgan fingerprint density at radius 2 is 2.00 bits per heavy atom. The fraction of sp³-hybridized carbons (Fsp3) is 0.389. The number of benzene rings is 1. The number of methoxy groups -OCH3 is 1. The predicted molar refractivity (Wildman–Crippen MR) is 100 cm³/mol. The molecule has 8 nitrogen and oxygen atoms in total. The van der Waals surface area contributed by atoms with Gasteiger partial charge in [-0.05, 0) is 30.7 Å². The molecule has 2 rings (SSSR count). The number of carbonyl (C=O) groups excluding carboxylic acids is 2. The summed E-state index contributed by atoms with van der Waals surface area (Å²) in [5.41, 5.74) is 1.98. The zero-order valence-corrected chi connectivity index (χ0v) is 15.5. The zero-order chi connectivity index (χ0) is 19.1. The van der Waals surface area contributed by atoms with Gasteiger partial charge in [0.1, 0.15) is 5.75 Å². The van der Waals surface area contributed by atoms with Gasteiger partial charge >= 0.3 is 6.03 Å². The quantitative estimate of drug-likeness (QED) is 0.708. The Bertz CT molecular complexity index is 772. The molecule has 26 heavy (non-hydrogen) atoms. The third-order valence-corrected chi connectivity index (χ3v) is 3.98. The van der Waals surface area contributed by atoms with Crippen molar-refractivity contribution in [2.45, 2.75) is 32.7 Å². The molecule has 0 saturated heterocycles. The number of urea groups is 1. The first-order valence-electron chi connectivity index (χ1n) is 8.51. The number of aryl methyl sites for hydroxylation is 1. The van der Waals surface area contributed by atoms with Crippen molar-refractivity contribution in [1.82, 2.24) is 15.1 Å². The van der Waals surface area contributed by atoms with Crippen LogP contribution in [0.4, 0.5) is 16.2 Å². The van der Waals surface area contributed by atoms with Gasteiger partial charge in [-0.1, -0.05) is 13.8 Å². The minimum Gasteiger partial charge on any atom is -0.495 e. The molecule has 2 aromatic rings. The molecule has 0 saturated carbocycles. The van der Waals surface area contributed by atoms with E-state index in [1.807, 2.05) is 20.0 Å². The Morgan fingerprint density at radius 1 is 1.23 bits per heavy atom. The van der Waals surface area contributed by atoms with E-state index in [0.717, 1.165) is 12.1 Å². The van der Waals surface area contributed by atoms with Crippen molar-refractivity contribution in [3.8, 4) is 5.75 Å². The highest BCUT2D eigenvalue weighted by molar-refractivity contribution is 5.95. The number of amides is 3. The summed E-state index contributed by atoms with van der Waals surface area (Å²) < 4.78 is 6.98. The molecule has 1 aromatic carbocycles. The van der Waals surface area contributed by atoms with E-state index in [4.69, 9.17) is 4.74 Å². The fourth-order valence-electron chi connectivity index (χ4n) is 2.56. The van der Waals surface area contributed by atoms with Crippen LogP contribution in [0.1, 0.15) is 38.4 Å². The molecule has 1 heterocycles. The molecule has 0 aliphatic heterocycles. The summed E-state index contributed by atoms with van der Waals surface area (Å²) in [7, 11) is 3.36. The number of nitrogens with one attached hydrogen (secondary N) is 3. The molecule has 1 atom stereocenters. The number of carbonyl (C=O) groups is 2. The molecular weight excluding hydrogens is 334 g/mol. The van der Waals surface area contributed by atoms with Crippen LogP contribution in [-0.4, -0.2) is 28.8 Å². The van der Waals surface area contributed by atoms with Crippen LogP contribution in [-0.2, 0) is 11.8 Å². The van der Waals surface area contributed by atoms with Crippen LogP contribution in [0.3, 0.4) is 0 Å². The summed E-state index contributed by atoms with van der Waals surface area (Å²) >= 11 is 0. The summed E-state index contributed by atoms with van der Waals surface area (Å²) in [5.74, 6) is 0.395. The molecular formula is C18H25N5O3. The third kappa shape index (κ3) is 4.75. The highest BCUT2D eigenvalue weighted by Gasteiger charge is 2.16. The monoisotopic (exact) mass is 359 g/mol. The largest absolute Gasteiger partial charge is 0.495 e. The maximum absolute atomic E-state index is 12.4. The standard InChI is InChI=1S/C18H25N5O3/c1-5-13(15-9-10-19-23(15)3)22-18(25)20-12-7-8-16(26-4)14(11-12)21-17(24)6-2/h7-11,13H,5-6H2,1-4H3,(H,21,24)(H2,20,22,25)/t13-/m1/s1. The molecule has 0 aliphatic carbocycles. The lowest BCUT2D eigenvalue weighted by Gasteiger charge is -2.18. The Kier molecular flexibility index (Phi) is 6.60. The lowest BCUT2D eigenvalue weighted by Crippen LogP contribution is -2.33. The molecule has 3 amide bonds. The van der Waals surface area contributed by atoms with Crippen LogP contribution in [0.15, 0.2) is 30.5 Å². The summed E-state index contributed by atoms with van der Waals surface area (Å²) in [5, 5.41) is 12.6. The molecule has 0 unspecified atom stereocenters. The normalized spacial score (nSPS) is 11.5. The van der Waals surface area contributed by atoms with E-state index in [1.165, 1.54) is 7.11 Å². The molecule has 0 radical (unpaired) electrons. The average molecular weight is 359 g/mol. The SMILES string of the molecule is CCC(=O)Nc1cc(NC(=O)N[C@H](CC)c2ccnn2C)ccc1OC. The van der Waals surface area contributed by atoms with Gasteiger partial charge < -0.3 is 20.7 Å². The molecule has 1 aromatic heterocycles. The van der Waals surface area contributed by atoms with Gasteiger partial charge in [-0.15, -0.1) is 0 Å². The Balaban J connectivity index is 2.09. The summed E-state index contributed by atoms with van der Waals surface area (Å²) in [6.07, 6.45) is 2.78. The molecule has 3 N–H and O–H groups in total. The van der Waals surface area contributed by atoms with Gasteiger partial charge in [-0.25, -0.2) is 4.79 Å². The summed E-state index contributed by atoms with van der Waals surface area (Å²) in [6, 6.07) is 6.46. The van der Waals surface area contributed by atoms with Gasteiger partial charge in [0.15, 0.2) is 0 Å². The Labute approximate surface area is 152 Å². The summed E-state index contributed by atoms with van der Waals surface area (Å²) in [4.78, 5) is 24.0. The molecule has 0 fully saturated rings. The van der Waals surface area contributed by atoms with Crippen molar-refractivity contribution < 1.29 is 14.3 Å². The molecule has 0 aliphatic rings. The molecule has 0 spiro atoms. The van der Waals surface area contributed by atoms with Crippen molar-refractivity contribution in [2.24, 2.45) is 7.05 Å². The van der Waals surface area contributed by atoms with Gasteiger partial charge in [0, 0.05) is 25.4 Å². The molecule has 8 heteroatoms. The van der Waals surface area contributed by atoms with E-state index in [-0.39, 0.29) is 18.0 Å². The average Bonchev–Trinajstić information content (AvgIpc) is 3.05. The van der Waals surface area contributed by atoms with Crippen LogP contribution in [0.2, 0.25) is 0 Å². The number of ether oxygens (including phenoxy) is 1. The van der Waals surface area contributed by atoms with Gasteiger partial charge in [0.2, 0.25) is 5.91 Å². The van der Waals surface area contributed by atoms with Gasteiger partial charge in [0.25, 0.3) is 0 Å². The van der Waals surface area contributed by atoms with E-state index < -0.39 is 0 Å².